The zero-order chi connectivity index (χ0) is 15.4. The van der Waals surface area contributed by atoms with Crippen LogP contribution in [-0.2, 0) is 4.79 Å². The molecule has 5 N–H and O–H groups in total. The van der Waals surface area contributed by atoms with Crippen LogP contribution in [0.5, 0.6) is 0 Å². The Balaban J connectivity index is 1.94. The van der Waals surface area contributed by atoms with E-state index in [-0.39, 0.29) is 23.3 Å². The molecule has 1 aromatic heterocycles. The molecule has 1 heterocycles. The molecule has 0 bridgehead atoms. The van der Waals surface area contributed by atoms with Gasteiger partial charge in [-0.2, -0.15) is 0 Å². The van der Waals surface area contributed by atoms with E-state index in [0.717, 1.165) is 11.8 Å². The number of halogens is 2. The van der Waals surface area contributed by atoms with Gasteiger partial charge in [0.05, 0.1) is 15.8 Å². The molecule has 0 spiro atoms. The van der Waals surface area contributed by atoms with Gasteiger partial charge >= 0.3 is 0 Å². The number of hydrogen-bond acceptors (Lipinski definition) is 6. The lowest BCUT2D eigenvalue weighted by molar-refractivity contribution is -0.113. The van der Waals surface area contributed by atoms with Gasteiger partial charge in [-0.3, -0.25) is 4.79 Å². The van der Waals surface area contributed by atoms with Crippen LogP contribution in [0.25, 0.3) is 0 Å². The maximum absolute atomic E-state index is 11.8. The fourth-order valence-electron chi connectivity index (χ4n) is 1.43. The standard InChI is InChI=1S/C12H11Cl2N5OS/c13-7-2-1-6(3-8(7)14)17-11(20)5-21-12-18-9(15)4-10(16)19-12/h1-4H,5H2,(H,17,20)(H4,15,16,18,19). The van der Waals surface area contributed by atoms with Crippen molar-refractivity contribution in [2.75, 3.05) is 22.5 Å². The van der Waals surface area contributed by atoms with Gasteiger partial charge in [-0.25, -0.2) is 9.97 Å². The molecule has 110 valence electrons. The Morgan fingerprint density at radius 1 is 1.14 bits per heavy atom. The summed E-state index contributed by atoms with van der Waals surface area (Å²) < 4.78 is 0. The van der Waals surface area contributed by atoms with Crippen molar-refractivity contribution in [3.8, 4) is 0 Å². The van der Waals surface area contributed by atoms with Crippen molar-refractivity contribution >= 4 is 58.2 Å². The number of hydrogen-bond donors (Lipinski definition) is 3. The molecular weight excluding hydrogens is 333 g/mol. The third-order valence-corrected chi connectivity index (χ3v) is 3.87. The van der Waals surface area contributed by atoms with Gasteiger partial charge in [-0.15, -0.1) is 0 Å². The van der Waals surface area contributed by atoms with Crippen LogP contribution in [0.3, 0.4) is 0 Å². The molecular formula is C12H11Cl2N5OS. The second kappa shape index (κ2) is 6.84. The monoisotopic (exact) mass is 343 g/mol. The predicted molar refractivity (Wildman–Crippen MR) is 86.7 cm³/mol. The minimum absolute atomic E-state index is 0.114. The van der Waals surface area contributed by atoms with E-state index in [2.05, 4.69) is 15.3 Å². The highest BCUT2D eigenvalue weighted by atomic mass is 35.5. The molecule has 6 nitrogen and oxygen atoms in total. The van der Waals surface area contributed by atoms with Crippen LogP contribution in [-0.4, -0.2) is 21.6 Å². The number of nitrogens with zero attached hydrogens (tertiary/aromatic N) is 2. The van der Waals surface area contributed by atoms with E-state index in [9.17, 15) is 4.79 Å². The van der Waals surface area contributed by atoms with E-state index in [1.54, 1.807) is 18.2 Å². The maximum Gasteiger partial charge on any atom is 0.234 e. The third-order valence-electron chi connectivity index (χ3n) is 2.28. The van der Waals surface area contributed by atoms with Crippen molar-refractivity contribution in [3.05, 3.63) is 34.3 Å². The fraction of sp³-hybridized carbons (Fsp3) is 0.0833. The van der Waals surface area contributed by atoms with Crippen molar-refractivity contribution in [2.24, 2.45) is 0 Å². The normalized spacial score (nSPS) is 10.4. The first kappa shape index (κ1) is 15.7. The summed E-state index contributed by atoms with van der Waals surface area (Å²) in [4.78, 5) is 19.8. The molecule has 1 aromatic carbocycles. The summed E-state index contributed by atoms with van der Waals surface area (Å²) in [7, 11) is 0. The first-order valence-electron chi connectivity index (χ1n) is 5.72. The van der Waals surface area contributed by atoms with Crippen molar-refractivity contribution in [1.82, 2.24) is 9.97 Å². The average Bonchev–Trinajstić information content (AvgIpc) is 2.40. The lowest BCUT2D eigenvalue weighted by atomic mass is 10.3. The Morgan fingerprint density at radius 3 is 2.43 bits per heavy atom. The summed E-state index contributed by atoms with van der Waals surface area (Å²) in [5.74, 6) is 0.399. The van der Waals surface area contributed by atoms with Gasteiger partial charge in [0.25, 0.3) is 0 Å². The smallest absolute Gasteiger partial charge is 0.234 e. The highest BCUT2D eigenvalue weighted by Crippen LogP contribution is 2.25. The summed E-state index contributed by atoms with van der Waals surface area (Å²) in [6.07, 6.45) is 0. The molecule has 0 atom stereocenters. The quantitative estimate of drug-likeness (QED) is 0.581. The Bertz CT molecular complexity index is 662. The number of nitrogens with one attached hydrogen (secondary N) is 1. The van der Waals surface area contributed by atoms with Crippen LogP contribution in [0.2, 0.25) is 10.0 Å². The molecule has 0 saturated heterocycles. The number of nitrogens with two attached hydrogens (primary N) is 2. The van der Waals surface area contributed by atoms with Crippen LogP contribution < -0.4 is 16.8 Å². The Morgan fingerprint density at radius 2 is 1.81 bits per heavy atom. The molecule has 1 amide bonds. The van der Waals surface area contributed by atoms with Gasteiger partial charge in [-0.05, 0) is 18.2 Å². The van der Waals surface area contributed by atoms with Crippen molar-refractivity contribution < 1.29 is 4.79 Å². The molecule has 0 aliphatic carbocycles. The van der Waals surface area contributed by atoms with E-state index >= 15 is 0 Å². The molecule has 21 heavy (non-hydrogen) atoms. The molecule has 2 rings (SSSR count). The number of anilines is 3. The van der Waals surface area contributed by atoms with Gasteiger partial charge in [0.15, 0.2) is 5.16 Å². The Labute approximate surface area is 135 Å². The molecule has 2 aromatic rings. The summed E-state index contributed by atoms with van der Waals surface area (Å²) in [6, 6.07) is 6.28. The SMILES string of the molecule is Nc1cc(N)nc(SCC(=O)Nc2ccc(Cl)c(Cl)c2)n1. The van der Waals surface area contributed by atoms with Crippen LogP contribution in [0.1, 0.15) is 0 Å². The van der Waals surface area contributed by atoms with Gasteiger partial charge in [0.1, 0.15) is 11.6 Å². The molecule has 0 saturated carbocycles. The molecule has 0 aliphatic rings. The summed E-state index contributed by atoms with van der Waals surface area (Å²) >= 11 is 12.8. The van der Waals surface area contributed by atoms with Crippen LogP contribution >= 0.6 is 35.0 Å². The van der Waals surface area contributed by atoms with Gasteiger partial charge < -0.3 is 16.8 Å². The molecule has 0 unspecified atom stereocenters. The first-order chi connectivity index (χ1) is 9.94. The van der Waals surface area contributed by atoms with Gasteiger partial charge in [0.2, 0.25) is 5.91 Å². The predicted octanol–water partition coefficient (Wildman–Crippen LogP) is 2.68. The molecule has 9 heteroatoms. The van der Waals surface area contributed by atoms with Gasteiger partial charge in [0, 0.05) is 11.8 Å². The van der Waals surface area contributed by atoms with E-state index in [1.807, 2.05) is 0 Å². The lowest BCUT2D eigenvalue weighted by Crippen LogP contribution is -2.14. The number of thioether (sulfide) groups is 1. The maximum atomic E-state index is 11.8. The minimum Gasteiger partial charge on any atom is -0.383 e. The van der Waals surface area contributed by atoms with E-state index < -0.39 is 0 Å². The minimum atomic E-state index is -0.233. The van der Waals surface area contributed by atoms with Crippen LogP contribution in [0.15, 0.2) is 29.4 Å². The zero-order valence-electron chi connectivity index (χ0n) is 10.6. The summed E-state index contributed by atoms with van der Waals surface area (Å²) in [5, 5.41) is 3.83. The lowest BCUT2D eigenvalue weighted by Gasteiger charge is -2.06. The van der Waals surface area contributed by atoms with Crippen LogP contribution in [0.4, 0.5) is 17.3 Å². The second-order valence-electron chi connectivity index (χ2n) is 3.97. The molecule has 0 aliphatic heterocycles. The van der Waals surface area contributed by atoms with Crippen molar-refractivity contribution in [2.45, 2.75) is 5.16 Å². The number of carbonyl (C=O) groups is 1. The first-order valence-corrected chi connectivity index (χ1v) is 7.46. The highest BCUT2D eigenvalue weighted by Gasteiger charge is 2.08. The number of benzene rings is 1. The van der Waals surface area contributed by atoms with Crippen molar-refractivity contribution in [1.29, 1.82) is 0 Å². The number of amides is 1. The summed E-state index contributed by atoms with van der Waals surface area (Å²) in [6.45, 7) is 0. The second-order valence-corrected chi connectivity index (χ2v) is 5.72. The van der Waals surface area contributed by atoms with Crippen molar-refractivity contribution in [3.63, 3.8) is 0 Å². The number of aromatic nitrogens is 2. The highest BCUT2D eigenvalue weighted by molar-refractivity contribution is 7.99. The molecule has 0 radical (unpaired) electrons. The Kier molecular flexibility index (Phi) is 5.11. The average molecular weight is 344 g/mol. The van der Waals surface area contributed by atoms with E-state index in [0.29, 0.717) is 20.9 Å². The molecule has 0 fully saturated rings. The topological polar surface area (TPSA) is 107 Å². The van der Waals surface area contributed by atoms with Crippen LogP contribution in [0, 0.1) is 0 Å². The van der Waals surface area contributed by atoms with Gasteiger partial charge in [-0.1, -0.05) is 35.0 Å². The fourth-order valence-corrected chi connectivity index (χ4v) is 2.40. The zero-order valence-corrected chi connectivity index (χ0v) is 13.0. The number of carbonyl (C=O) groups excluding carboxylic acids is 1. The summed E-state index contributed by atoms with van der Waals surface area (Å²) in [5.41, 5.74) is 11.7. The van der Waals surface area contributed by atoms with E-state index in [1.165, 1.54) is 6.07 Å². The largest absolute Gasteiger partial charge is 0.383 e. The van der Waals surface area contributed by atoms with E-state index in [4.69, 9.17) is 34.7 Å². The number of nitrogen functional groups attached to an aromatic ring is 2. The Hall–Kier alpha value is -1.70. The number of rotatable bonds is 4. The third kappa shape index (κ3) is 4.66.